The topological polar surface area (TPSA) is 101 Å². The van der Waals surface area contributed by atoms with Crippen molar-refractivity contribution in [3.8, 4) is 0 Å². The van der Waals surface area contributed by atoms with E-state index in [9.17, 15) is 19.2 Å². The maximum Gasteiger partial charge on any atom is 0.261 e. The van der Waals surface area contributed by atoms with Gasteiger partial charge in [0.15, 0.2) is 0 Å². The fourth-order valence-corrected chi connectivity index (χ4v) is 4.06. The largest absolute Gasteiger partial charge is 0.369 e. The predicted octanol–water partition coefficient (Wildman–Crippen LogP) is 1.86. The van der Waals surface area contributed by atoms with E-state index in [0.717, 1.165) is 5.56 Å². The zero-order valence-corrected chi connectivity index (χ0v) is 16.5. The number of hydrogen-bond acceptors (Lipinski definition) is 4. The number of benzene rings is 2. The van der Waals surface area contributed by atoms with Crippen molar-refractivity contribution >= 4 is 23.6 Å². The monoisotopic (exact) mass is 405 g/mol. The Balaban J connectivity index is 1.46. The molecule has 0 aliphatic carbocycles. The van der Waals surface area contributed by atoms with E-state index in [0.29, 0.717) is 50.0 Å². The first-order valence-electron chi connectivity index (χ1n) is 10.1. The second kappa shape index (κ2) is 8.10. The molecule has 0 atom stereocenters. The zero-order valence-electron chi connectivity index (χ0n) is 16.5. The first-order chi connectivity index (χ1) is 14.5. The average molecular weight is 405 g/mol. The van der Waals surface area contributed by atoms with Gasteiger partial charge >= 0.3 is 0 Å². The molecule has 1 saturated heterocycles. The van der Waals surface area contributed by atoms with Crippen molar-refractivity contribution in [2.75, 3.05) is 19.6 Å². The minimum Gasteiger partial charge on any atom is -0.369 e. The van der Waals surface area contributed by atoms with Crippen molar-refractivity contribution < 1.29 is 19.2 Å². The van der Waals surface area contributed by atoms with Gasteiger partial charge in [-0.3, -0.25) is 24.1 Å². The number of rotatable bonds is 5. The third-order valence-corrected chi connectivity index (χ3v) is 5.87. The van der Waals surface area contributed by atoms with Crippen molar-refractivity contribution in [2.24, 2.45) is 11.7 Å². The van der Waals surface area contributed by atoms with Crippen LogP contribution in [0.2, 0.25) is 0 Å². The van der Waals surface area contributed by atoms with Gasteiger partial charge in [-0.2, -0.15) is 0 Å². The molecule has 7 nitrogen and oxygen atoms in total. The van der Waals surface area contributed by atoms with E-state index in [4.69, 9.17) is 5.73 Å². The van der Waals surface area contributed by atoms with Crippen LogP contribution in [0.25, 0.3) is 0 Å². The van der Waals surface area contributed by atoms with Crippen LogP contribution in [0.4, 0.5) is 0 Å². The molecule has 7 heteroatoms. The molecular formula is C23H23N3O4. The van der Waals surface area contributed by atoms with Gasteiger partial charge in [-0.15, -0.1) is 0 Å². The van der Waals surface area contributed by atoms with Crippen LogP contribution in [0.3, 0.4) is 0 Å². The summed E-state index contributed by atoms with van der Waals surface area (Å²) >= 11 is 0. The molecule has 2 aromatic carbocycles. The summed E-state index contributed by atoms with van der Waals surface area (Å²) in [5, 5.41) is 0. The lowest BCUT2D eigenvalue weighted by molar-refractivity contribution is -0.123. The number of amides is 4. The number of imide groups is 1. The Morgan fingerprint density at radius 3 is 2.27 bits per heavy atom. The maximum absolute atomic E-state index is 12.9. The maximum atomic E-state index is 12.9. The minimum atomic E-state index is -0.368. The number of fused-ring (bicyclic) bond motifs is 1. The standard InChI is InChI=1S/C23H23N3O4/c24-20(27)16-9-11-25(12-10-16)21(28)17-6-7-18-19(14-17)23(30)26(22(18)29)13-8-15-4-2-1-3-5-15/h1-7,14,16H,8-13H2,(H2,24,27). The molecule has 30 heavy (non-hydrogen) atoms. The molecule has 1 fully saturated rings. The van der Waals surface area contributed by atoms with Gasteiger partial charge in [0.05, 0.1) is 11.1 Å². The smallest absolute Gasteiger partial charge is 0.261 e. The second-order valence-corrected chi connectivity index (χ2v) is 7.73. The van der Waals surface area contributed by atoms with Gasteiger partial charge in [-0.05, 0) is 43.0 Å². The Labute approximate surface area is 174 Å². The quantitative estimate of drug-likeness (QED) is 0.767. The molecule has 0 unspecified atom stereocenters. The molecule has 2 aliphatic rings. The zero-order chi connectivity index (χ0) is 21.3. The lowest BCUT2D eigenvalue weighted by Crippen LogP contribution is -2.41. The van der Waals surface area contributed by atoms with Crippen molar-refractivity contribution in [1.82, 2.24) is 9.80 Å². The normalized spacial score (nSPS) is 16.7. The molecule has 4 rings (SSSR count). The lowest BCUT2D eigenvalue weighted by atomic mass is 9.95. The van der Waals surface area contributed by atoms with E-state index in [1.165, 1.54) is 11.0 Å². The molecule has 2 heterocycles. The number of nitrogens with zero attached hydrogens (tertiary/aromatic N) is 2. The Morgan fingerprint density at radius 1 is 0.933 bits per heavy atom. The van der Waals surface area contributed by atoms with Gasteiger partial charge in [0, 0.05) is 31.1 Å². The van der Waals surface area contributed by atoms with E-state index in [2.05, 4.69) is 0 Å². The molecule has 154 valence electrons. The Hall–Kier alpha value is -3.48. The van der Waals surface area contributed by atoms with Gasteiger partial charge in [-0.1, -0.05) is 30.3 Å². The van der Waals surface area contributed by atoms with Gasteiger partial charge in [-0.25, -0.2) is 0 Å². The van der Waals surface area contributed by atoms with Gasteiger partial charge in [0.1, 0.15) is 0 Å². The summed E-state index contributed by atoms with van der Waals surface area (Å²) in [4.78, 5) is 52.6. The highest BCUT2D eigenvalue weighted by molar-refractivity contribution is 6.22. The number of hydrogen-bond donors (Lipinski definition) is 1. The third kappa shape index (κ3) is 3.70. The number of carbonyl (C=O) groups is 4. The number of likely N-dealkylation sites (tertiary alicyclic amines) is 1. The van der Waals surface area contributed by atoms with Crippen LogP contribution >= 0.6 is 0 Å². The van der Waals surface area contributed by atoms with Crippen LogP contribution in [0, 0.1) is 5.92 Å². The fourth-order valence-electron chi connectivity index (χ4n) is 4.06. The van der Waals surface area contributed by atoms with Crippen molar-refractivity contribution in [3.05, 3.63) is 70.8 Å². The highest BCUT2D eigenvalue weighted by atomic mass is 16.2. The summed E-state index contributed by atoms with van der Waals surface area (Å²) in [6.07, 6.45) is 1.65. The Morgan fingerprint density at radius 2 is 1.60 bits per heavy atom. The fraction of sp³-hybridized carbons (Fsp3) is 0.304. The highest BCUT2D eigenvalue weighted by Crippen LogP contribution is 2.26. The predicted molar refractivity (Wildman–Crippen MR) is 110 cm³/mol. The van der Waals surface area contributed by atoms with Crippen LogP contribution < -0.4 is 5.73 Å². The number of nitrogens with two attached hydrogens (primary N) is 1. The lowest BCUT2D eigenvalue weighted by Gasteiger charge is -2.30. The summed E-state index contributed by atoms with van der Waals surface area (Å²) in [7, 11) is 0. The van der Waals surface area contributed by atoms with Crippen molar-refractivity contribution in [2.45, 2.75) is 19.3 Å². The molecule has 2 aliphatic heterocycles. The molecule has 0 aromatic heterocycles. The Kier molecular flexibility index (Phi) is 5.35. The molecular weight excluding hydrogens is 382 g/mol. The summed E-state index contributed by atoms with van der Waals surface area (Å²) in [5.41, 5.74) is 7.37. The summed E-state index contributed by atoms with van der Waals surface area (Å²) in [6.45, 7) is 1.18. The first-order valence-corrected chi connectivity index (χ1v) is 10.1. The number of primary amides is 1. The molecule has 0 saturated carbocycles. The van der Waals surface area contributed by atoms with E-state index >= 15 is 0 Å². The Bertz CT molecular complexity index is 1010. The summed E-state index contributed by atoms with van der Waals surface area (Å²) in [6, 6.07) is 14.3. The van der Waals surface area contributed by atoms with Crippen LogP contribution in [0.1, 0.15) is 49.5 Å². The third-order valence-electron chi connectivity index (χ3n) is 5.87. The summed E-state index contributed by atoms with van der Waals surface area (Å²) in [5.74, 6) is -1.44. The minimum absolute atomic E-state index is 0.202. The van der Waals surface area contributed by atoms with Gasteiger partial charge < -0.3 is 10.6 Å². The van der Waals surface area contributed by atoms with Crippen LogP contribution in [-0.4, -0.2) is 53.1 Å². The SMILES string of the molecule is NC(=O)C1CCN(C(=O)c2ccc3c(c2)C(=O)N(CCc2ccccc2)C3=O)CC1. The number of piperidine rings is 1. The van der Waals surface area contributed by atoms with Crippen LogP contribution in [0.15, 0.2) is 48.5 Å². The summed E-state index contributed by atoms with van der Waals surface area (Å²) < 4.78 is 0. The molecule has 2 aromatic rings. The molecule has 0 radical (unpaired) electrons. The van der Waals surface area contributed by atoms with Gasteiger partial charge in [0.25, 0.3) is 17.7 Å². The molecule has 2 N–H and O–H groups in total. The molecule has 0 bridgehead atoms. The van der Waals surface area contributed by atoms with E-state index < -0.39 is 0 Å². The van der Waals surface area contributed by atoms with E-state index in [1.54, 1.807) is 17.0 Å². The highest BCUT2D eigenvalue weighted by Gasteiger charge is 2.36. The molecule has 0 spiro atoms. The van der Waals surface area contributed by atoms with E-state index in [-0.39, 0.29) is 35.1 Å². The van der Waals surface area contributed by atoms with Crippen molar-refractivity contribution in [3.63, 3.8) is 0 Å². The van der Waals surface area contributed by atoms with E-state index in [1.807, 2.05) is 30.3 Å². The first kappa shape index (κ1) is 19.8. The number of carbonyl (C=O) groups excluding carboxylic acids is 4. The average Bonchev–Trinajstić information content (AvgIpc) is 3.01. The second-order valence-electron chi connectivity index (χ2n) is 7.73. The van der Waals surface area contributed by atoms with Crippen molar-refractivity contribution in [1.29, 1.82) is 0 Å². The molecule has 4 amide bonds. The van der Waals surface area contributed by atoms with Crippen LogP contribution in [0.5, 0.6) is 0 Å². The van der Waals surface area contributed by atoms with Gasteiger partial charge in [0.2, 0.25) is 5.91 Å². The van der Waals surface area contributed by atoms with Crippen LogP contribution in [-0.2, 0) is 11.2 Å².